The van der Waals surface area contributed by atoms with Gasteiger partial charge in [0.15, 0.2) is 0 Å². The van der Waals surface area contributed by atoms with Crippen molar-refractivity contribution in [3.8, 4) is 17.0 Å². The van der Waals surface area contributed by atoms with Gasteiger partial charge < -0.3 is 14.0 Å². The maximum absolute atomic E-state index is 12.9. The second-order valence-electron chi connectivity index (χ2n) is 9.29. The molecule has 8 nitrogen and oxygen atoms in total. The van der Waals surface area contributed by atoms with Gasteiger partial charge in [-0.1, -0.05) is 0 Å². The van der Waals surface area contributed by atoms with E-state index in [2.05, 4.69) is 9.88 Å². The summed E-state index contributed by atoms with van der Waals surface area (Å²) in [5.74, 6) is 1.11. The SMILES string of the molecule is Cn1cc(-c2ccnc(OCC3CCOCC3)c2)c2sc(CN3CCN(S(C)=O)CC3)cc2c1=O. The maximum Gasteiger partial charge on any atom is 0.259 e. The number of thiophene rings is 1. The average molecular weight is 517 g/mol. The lowest BCUT2D eigenvalue weighted by molar-refractivity contribution is 0.0490. The highest BCUT2D eigenvalue weighted by molar-refractivity contribution is 7.81. The second-order valence-corrected chi connectivity index (χ2v) is 11.8. The molecule has 0 saturated carbocycles. The van der Waals surface area contributed by atoms with Gasteiger partial charge in [-0.05, 0) is 36.5 Å². The van der Waals surface area contributed by atoms with E-state index in [1.807, 2.05) is 28.7 Å². The number of ether oxygens (including phenoxy) is 2. The Labute approximate surface area is 212 Å². The van der Waals surface area contributed by atoms with Crippen molar-refractivity contribution < 1.29 is 13.7 Å². The highest BCUT2D eigenvalue weighted by atomic mass is 32.2. The molecule has 188 valence electrons. The van der Waals surface area contributed by atoms with Gasteiger partial charge in [-0.3, -0.25) is 9.69 Å². The van der Waals surface area contributed by atoms with Crippen molar-refractivity contribution >= 4 is 32.4 Å². The van der Waals surface area contributed by atoms with E-state index in [0.29, 0.717) is 18.4 Å². The summed E-state index contributed by atoms with van der Waals surface area (Å²) in [6.07, 6.45) is 7.46. The number of aromatic nitrogens is 2. The van der Waals surface area contributed by atoms with Crippen LogP contribution in [0.25, 0.3) is 21.2 Å². The molecule has 3 aromatic rings. The van der Waals surface area contributed by atoms with E-state index in [1.165, 1.54) is 4.88 Å². The van der Waals surface area contributed by atoms with Crippen LogP contribution in [0.2, 0.25) is 0 Å². The normalized spacial score (nSPS) is 19.3. The van der Waals surface area contributed by atoms with Crippen LogP contribution in [0.3, 0.4) is 0 Å². The van der Waals surface area contributed by atoms with Crippen molar-refractivity contribution in [1.29, 1.82) is 0 Å². The average Bonchev–Trinajstić information content (AvgIpc) is 3.30. The van der Waals surface area contributed by atoms with Gasteiger partial charge in [-0.2, -0.15) is 0 Å². The number of piperazine rings is 1. The third kappa shape index (κ3) is 5.67. The summed E-state index contributed by atoms with van der Waals surface area (Å²) >= 11 is 1.68. The molecule has 2 aliphatic rings. The summed E-state index contributed by atoms with van der Waals surface area (Å²) in [5.41, 5.74) is 2.03. The molecule has 1 unspecified atom stereocenters. The fraction of sp³-hybridized carbons (Fsp3) is 0.520. The van der Waals surface area contributed by atoms with Crippen LogP contribution in [0.15, 0.2) is 35.4 Å². The number of rotatable bonds is 7. The van der Waals surface area contributed by atoms with Gasteiger partial charge in [0, 0.05) is 92.8 Å². The second kappa shape index (κ2) is 10.9. The molecule has 2 fully saturated rings. The number of hydrogen-bond donors (Lipinski definition) is 0. The smallest absolute Gasteiger partial charge is 0.259 e. The first-order valence-electron chi connectivity index (χ1n) is 12.1. The summed E-state index contributed by atoms with van der Waals surface area (Å²) in [6, 6.07) is 5.99. The Bertz CT molecular complexity index is 1260. The van der Waals surface area contributed by atoms with Crippen LogP contribution in [-0.4, -0.2) is 75.2 Å². The zero-order chi connectivity index (χ0) is 24.4. The first kappa shape index (κ1) is 24.6. The molecule has 0 bridgehead atoms. The molecular weight excluding hydrogens is 484 g/mol. The van der Waals surface area contributed by atoms with E-state index in [4.69, 9.17) is 9.47 Å². The molecule has 0 spiro atoms. The minimum absolute atomic E-state index is 0.0162. The molecule has 5 heterocycles. The van der Waals surface area contributed by atoms with Gasteiger partial charge in [-0.25, -0.2) is 13.5 Å². The maximum atomic E-state index is 12.9. The molecule has 2 saturated heterocycles. The summed E-state index contributed by atoms with van der Waals surface area (Å²) < 4.78 is 27.9. The van der Waals surface area contributed by atoms with Gasteiger partial charge in [0.25, 0.3) is 5.56 Å². The summed E-state index contributed by atoms with van der Waals surface area (Å²) in [4.78, 5) is 20.9. The Balaban J connectivity index is 1.37. The fourth-order valence-corrected chi connectivity index (χ4v) is 6.62. The van der Waals surface area contributed by atoms with Gasteiger partial charge in [-0.15, -0.1) is 11.3 Å². The van der Waals surface area contributed by atoms with Gasteiger partial charge >= 0.3 is 0 Å². The molecule has 5 rings (SSSR count). The summed E-state index contributed by atoms with van der Waals surface area (Å²) in [7, 11) is 0.885. The van der Waals surface area contributed by atoms with E-state index in [0.717, 1.165) is 80.0 Å². The number of fused-ring (bicyclic) bond motifs is 1. The third-order valence-corrected chi connectivity index (χ3v) is 9.07. The Morgan fingerprint density at radius 3 is 2.71 bits per heavy atom. The van der Waals surface area contributed by atoms with Crippen LogP contribution in [-0.2, 0) is 29.3 Å². The molecule has 0 aromatic carbocycles. The zero-order valence-electron chi connectivity index (χ0n) is 20.3. The molecule has 0 aliphatic carbocycles. The molecule has 35 heavy (non-hydrogen) atoms. The minimum atomic E-state index is -0.917. The summed E-state index contributed by atoms with van der Waals surface area (Å²) in [5, 5.41) is 0.750. The summed E-state index contributed by atoms with van der Waals surface area (Å²) in [6.45, 7) is 6.38. The monoisotopic (exact) mass is 516 g/mol. The quantitative estimate of drug-likeness (QED) is 0.481. The van der Waals surface area contributed by atoms with Crippen molar-refractivity contribution in [1.82, 2.24) is 18.8 Å². The molecule has 0 N–H and O–H groups in total. The van der Waals surface area contributed by atoms with E-state index >= 15 is 0 Å². The third-order valence-electron chi connectivity index (χ3n) is 6.83. The van der Waals surface area contributed by atoms with Crippen LogP contribution < -0.4 is 10.3 Å². The molecule has 2 aliphatic heterocycles. The van der Waals surface area contributed by atoms with Crippen molar-refractivity contribution in [3.63, 3.8) is 0 Å². The van der Waals surface area contributed by atoms with E-state index in [1.54, 1.807) is 35.4 Å². The largest absolute Gasteiger partial charge is 0.477 e. The highest BCUT2D eigenvalue weighted by Crippen LogP contribution is 2.34. The number of aryl methyl sites for hydroxylation is 1. The molecule has 3 aromatic heterocycles. The van der Waals surface area contributed by atoms with Crippen LogP contribution >= 0.6 is 11.3 Å². The molecule has 10 heteroatoms. The number of hydrogen-bond acceptors (Lipinski definition) is 7. The van der Waals surface area contributed by atoms with E-state index in [9.17, 15) is 9.00 Å². The number of pyridine rings is 2. The minimum Gasteiger partial charge on any atom is -0.477 e. The van der Waals surface area contributed by atoms with Gasteiger partial charge in [0.1, 0.15) is 0 Å². The highest BCUT2D eigenvalue weighted by Gasteiger charge is 2.21. The van der Waals surface area contributed by atoms with Crippen LogP contribution in [0.5, 0.6) is 5.88 Å². The molecule has 0 amide bonds. The topological polar surface area (TPSA) is 76.9 Å². The van der Waals surface area contributed by atoms with Crippen molar-refractivity contribution in [2.75, 3.05) is 52.3 Å². The lowest BCUT2D eigenvalue weighted by Gasteiger charge is -2.32. The Kier molecular flexibility index (Phi) is 7.64. The van der Waals surface area contributed by atoms with E-state index < -0.39 is 11.0 Å². The Hall–Kier alpha value is -2.11. The fourth-order valence-electron chi connectivity index (χ4n) is 4.72. The first-order valence-corrected chi connectivity index (χ1v) is 14.4. The van der Waals surface area contributed by atoms with Crippen LogP contribution in [0.1, 0.15) is 17.7 Å². The zero-order valence-corrected chi connectivity index (χ0v) is 21.9. The van der Waals surface area contributed by atoms with Gasteiger partial charge in [0.05, 0.1) is 23.0 Å². The Morgan fingerprint density at radius 2 is 1.97 bits per heavy atom. The Morgan fingerprint density at radius 1 is 1.20 bits per heavy atom. The van der Waals surface area contributed by atoms with Crippen molar-refractivity contribution in [2.45, 2.75) is 19.4 Å². The molecular formula is C25H32N4O4S2. The molecule has 1 atom stereocenters. The van der Waals surface area contributed by atoms with Crippen molar-refractivity contribution in [2.24, 2.45) is 13.0 Å². The van der Waals surface area contributed by atoms with Gasteiger partial charge in [0.2, 0.25) is 5.88 Å². The predicted molar refractivity (Wildman–Crippen MR) is 140 cm³/mol. The lowest BCUT2D eigenvalue weighted by Crippen LogP contribution is -2.46. The standard InChI is InChI=1S/C25H32N4O4S2/c1-27-16-22(19-3-6-26-23(13-19)33-17-18-4-11-32-12-5-18)24-21(25(27)30)14-20(34-24)15-28-7-9-29(10-8-28)35(2)31/h3,6,13-14,16,18H,4-5,7-12,15,17H2,1-2H3. The van der Waals surface area contributed by atoms with Crippen LogP contribution in [0.4, 0.5) is 0 Å². The van der Waals surface area contributed by atoms with E-state index in [-0.39, 0.29) is 5.56 Å². The lowest BCUT2D eigenvalue weighted by atomic mass is 10.0. The van der Waals surface area contributed by atoms with Crippen LogP contribution in [0, 0.1) is 5.92 Å². The first-order chi connectivity index (χ1) is 17.0. The predicted octanol–water partition coefficient (Wildman–Crippen LogP) is 2.88. The molecule has 0 radical (unpaired) electrons. The number of nitrogens with zero attached hydrogens (tertiary/aromatic N) is 4. The van der Waals surface area contributed by atoms with Crippen molar-refractivity contribution in [3.05, 3.63) is 45.8 Å².